The molecule has 3 amide bonds. The van der Waals surface area contributed by atoms with Gasteiger partial charge in [0, 0.05) is 26.1 Å². The van der Waals surface area contributed by atoms with Crippen molar-refractivity contribution >= 4 is 41.6 Å². The Balaban J connectivity index is 3.12. The van der Waals surface area contributed by atoms with Gasteiger partial charge in [0.2, 0.25) is 17.7 Å². The smallest absolute Gasteiger partial charge is 0.326 e. The van der Waals surface area contributed by atoms with E-state index in [9.17, 15) is 24.3 Å². The molecule has 0 fully saturated rings. The van der Waals surface area contributed by atoms with E-state index in [1.54, 1.807) is 30.3 Å². The van der Waals surface area contributed by atoms with Crippen molar-refractivity contribution in [3.63, 3.8) is 0 Å². The van der Waals surface area contributed by atoms with Crippen molar-refractivity contribution in [2.24, 2.45) is 55.1 Å². The topological polar surface area (TPSA) is 344 Å². The molecule has 0 bridgehead atoms. The first-order valence-electron chi connectivity index (χ1n) is 14.4. The van der Waals surface area contributed by atoms with E-state index in [1.807, 2.05) is 0 Å². The third-order valence-corrected chi connectivity index (χ3v) is 6.36. The minimum absolute atomic E-state index is 0.0281. The van der Waals surface area contributed by atoms with Crippen LogP contribution in [0.3, 0.4) is 0 Å². The number of carboxylic acids is 1. The summed E-state index contributed by atoms with van der Waals surface area (Å²) in [6.07, 6.45) is 1.40. The molecule has 18 heteroatoms. The Morgan fingerprint density at radius 1 is 0.622 bits per heavy atom. The molecule has 0 aliphatic rings. The van der Waals surface area contributed by atoms with Gasteiger partial charge < -0.3 is 61.2 Å². The standard InChI is InChI=1S/C27H47N13O5/c28-17(9-4-12-35-25(29)30)21(41)40-20(15-16-7-2-1-3-8-16)23(43)38-18(10-5-13-36-26(31)32)22(42)39-19(24(44)45)11-6-14-37-27(33)34/h1-3,7-8,17-20H,4-6,9-15,28H2,(H,38,43)(H,39,42)(H,40,41)(H,44,45)(H4,29,30,35)(H4,31,32,36)(H4,33,34,37). The number of rotatable bonds is 21. The Bertz CT molecular complexity index is 1180. The largest absolute Gasteiger partial charge is 0.480 e. The van der Waals surface area contributed by atoms with Crippen LogP contribution in [0.25, 0.3) is 0 Å². The Morgan fingerprint density at radius 2 is 1.04 bits per heavy atom. The van der Waals surface area contributed by atoms with Crippen molar-refractivity contribution < 1.29 is 24.3 Å². The number of aliphatic carboxylic acids is 1. The maximum absolute atomic E-state index is 13.6. The van der Waals surface area contributed by atoms with Gasteiger partial charge in [-0.3, -0.25) is 29.4 Å². The van der Waals surface area contributed by atoms with Crippen LogP contribution in [0.4, 0.5) is 0 Å². The number of benzene rings is 1. The van der Waals surface area contributed by atoms with E-state index in [-0.39, 0.29) is 76.0 Å². The van der Waals surface area contributed by atoms with Gasteiger partial charge >= 0.3 is 5.97 Å². The highest BCUT2D eigenvalue weighted by Gasteiger charge is 2.30. The molecule has 0 saturated heterocycles. The van der Waals surface area contributed by atoms with Crippen molar-refractivity contribution in [2.75, 3.05) is 19.6 Å². The van der Waals surface area contributed by atoms with Crippen LogP contribution in [0.5, 0.6) is 0 Å². The Hall–Kier alpha value is -5.13. The summed E-state index contributed by atoms with van der Waals surface area (Å²) in [4.78, 5) is 63.2. The van der Waals surface area contributed by atoms with Gasteiger partial charge in [-0.2, -0.15) is 0 Å². The molecule has 250 valence electrons. The number of aliphatic imine (C=N–C) groups is 3. The molecule has 1 aromatic rings. The molecule has 4 unspecified atom stereocenters. The quantitative estimate of drug-likeness (QED) is 0.0353. The van der Waals surface area contributed by atoms with Gasteiger partial charge in [0.05, 0.1) is 6.04 Å². The van der Waals surface area contributed by atoms with Gasteiger partial charge in [-0.15, -0.1) is 0 Å². The number of hydrogen-bond acceptors (Lipinski definition) is 8. The van der Waals surface area contributed by atoms with E-state index in [0.717, 1.165) is 5.56 Å². The fourth-order valence-corrected chi connectivity index (χ4v) is 4.07. The van der Waals surface area contributed by atoms with Crippen LogP contribution in [-0.2, 0) is 25.6 Å². The van der Waals surface area contributed by atoms with Crippen molar-refractivity contribution in [3.8, 4) is 0 Å². The lowest BCUT2D eigenvalue weighted by Gasteiger charge is -2.25. The van der Waals surface area contributed by atoms with E-state index in [1.165, 1.54) is 0 Å². The summed E-state index contributed by atoms with van der Waals surface area (Å²) in [5.74, 6) is -3.65. The van der Waals surface area contributed by atoms with Crippen molar-refractivity contribution in [3.05, 3.63) is 35.9 Å². The summed E-state index contributed by atoms with van der Waals surface area (Å²) in [7, 11) is 0. The average Bonchev–Trinajstić information content (AvgIpc) is 2.97. The molecule has 4 atom stereocenters. The number of nitrogens with zero attached hydrogens (tertiary/aromatic N) is 3. The monoisotopic (exact) mass is 633 g/mol. The molecule has 0 saturated carbocycles. The van der Waals surface area contributed by atoms with Crippen LogP contribution in [-0.4, -0.2) is 90.5 Å². The number of amides is 3. The van der Waals surface area contributed by atoms with Gasteiger partial charge in [-0.05, 0) is 44.1 Å². The van der Waals surface area contributed by atoms with Crippen molar-refractivity contribution in [1.82, 2.24) is 16.0 Å². The predicted molar refractivity (Wildman–Crippen MR) is 171 cm³/mol. The molecule has 0 spiro atoms. The van der Waals surface area contributed by atoms with E-state index < -0.39 is 47.9 Å². The van der Waals surface area contributed by atoms with Crippen LogP contribution in [0.1, 0.15) is 44.1 Å². The van der Waals surface area contributed by atoms with Gasteiger partial charge in [-0.1, -0.05) is 30.3 Å². The molecule has 0 aliphatic carbocycles. The normalized spacial score (nSPS) is 13.2. The highest BCUT2D eigenvalue weighted by molar-refractivity contribution is 5.94. The molecule has 1 rings (SSSR count). The first-order chi connectivity index (χ1) is 21.3. The summed E-state index contributed by atoms with van der Waals surface area (Å²) in [6.45, 7) is 0.596. The van der Waals surface area contributed by atoms with Gasteiger partial charge in [0.1, 0.15) is 18.1 Å². The second-order valence-electron chi connectivity index (χ2n) is 10.2. The van der Waals surface area contributed by atoms with Crippen LogP contribution >= 0.6 is 0 Å². The fraction of sp³-hybridized carbons (Fsp3) is 0.519. The maximum atomic E-state index is 13.6. The number of carboxylic acid groups (broad SMARTS) is 1. The van der Waals surface area contributed by atoms with Crippen molar-refractivity contribution in [1.29, 1.82) is 0 Å². The zero-order valence-corrected chi connectivity index (χ0v) is 25.2. The molecule has 0 aromatic heterocycles. The molecule has 0 heterocycles. The summed E-state index contributed by atoms with van der Waals surface area (Å²) < 4.78 is 0. The predicted octanol–water partition coefficient (Wildman–Crippen LogP) is -3.74. The Morgan fingerprint density at radius 3 is 1.53 bits per heavy atom. The zero-order chi connectivity index (χ0) is 33.8. The van der Waals surface area contributed by atoms with E-state index in [2.05, 4.69) is 30.9 Å². The number of nitrogens with two attached hydrogens (primary N) is 7. The van der Waals surface area contributed by atoms with Crippen molar-refractivity contribution in [2.45, 2.75) is 69.1 Å². The Kier molecular flexibility index (Phi) is 17.4. The highest BCUT2D eigenvalue weighted by atomic mass is 16.4. The lowest BCUT2D eigenvalue weighted by Crippen LogP contribution is -2.57. The third kappa shape index (κ3) is 16.9. The molecular weight excluding hydrogens is 586 g/mol. The van der Waals surface area contributed by atoms with Gasteiger partial charge in [0.15, 0.2) is 17.9 Å². The zero-order valence-electron chi connectivity index (χ0n) is 25.2. The fourth-order valence-electron chi connectivity index (χ4n) is 4.07. The van der Waals surface area contributed by atoms with E-state index >= 15 is 0 Å². The molecule has 18 N–H and O–H groups in total. The van der Waals surface area contributed by atoms with Gasteiger partial charge in [-0.25, -0.2) is 4.79 Å². The molecule has 1 aromatic carbocycles. The molecule has 0 aliphatic heterocycles. The van der Waals surface area contributed by atoms with Crippen LogP contribution in [0.15, 0.2) is 45.3 Å². The molecule has 45 heavy (non-hydrogen) atoms. The first-order valence-corrected chi connectivity index (χ1v) is 14.4. The highest BCUT2D eigenvalue weighted by Crippen LogP contribution is 2.08. The molecule has 18 nitrogen and oxygen atoms in total. The average molecular weight is 634 g/mol. The minimum atomic E-state index is -1.28. The molecular formula is C27H47N13O5. The second-order valence-corrected chi connectivity index (χ2v) is 10.2. The van der Waals surface area contributed by atoms with Crippen LogP contribution < -0.4 is 56.1 Å². The Labute approximate surface area is 261 Å². The summed E-state index contributed by atoms with van der Waals surface area (Å²) in [5, 5.41) is 17.4. The summed E-state index contributed by atoms with van der Waals surface area (Å²) in [6, 6.07) is 4.38. The maximum Gasteiger partial charge on any atom is 0.326 e. The number of guanidine groups is 3. The number of nitrogens with one attached hydrogen (secondary N) is 3. The van der Waals surface area contributed by atoms with Gasteiger partial charge in [0.25, 0.3) is 0 Å². The number of hydrogen-bond donors (Lipinski definition) is 11. The summed E-state index contributed by atoms with van der Waals surface area (Å²) >= 11 is 0. The number of carbonyl (C=O) groups excluding carboxylic acids is 3. The van der Waals surface area contributed by atoms with E-state index in [4.69, 9.17) is 40.1 Å². The lowest BCUT2D eigenvalue weighted by atomic mass is 10.0. The van der Waals surface area contributed by atoms with Crippen LogP contribution in [0.2, 0.25) is 0 Å². The second kappa shape index (κ2) is 20.7. The SMILES string of the molecule is NC(N)=NCCCC(N)C(=O)NC(Cc1ccccc1)C(=O)NC(CCCN=C(N)N)C(=O)NC(CCCN=C(N)N)C(=O)O. The van der Waals surface area contributed by atoms with E-state index in [0.29, 0.717) is 6.42 Å². The first kappa shape index (κ1) is 37.9. The third-order valence-electron chi connectivity index (χ3n) is 6.36. The summed E-state index contributed by atoms with van der Waals surface area (Å²) in [5.41, 5.74) is 38.8. The number of carbonyl (C=O) groups is 4. The van der Waals surface area contributed by atoms with Crippen LogP contribution in [0, 0.1) is 0 Å². The lowest BCUT2D eigenvalue weighted by molar-refractivity contribution is -0.142. The minimum Gasteiger partial charge on any atom is -0.480 e. The molecule has 0 radical (unpaired) electrons.